The Hall–Kier alpha value is -4.87. The summed E-state index contributed by atoms with van der Waals surface area (Å²) < 4.78 is 54.0. The average molecular weight is 679 g/mol. The lowest BCUT2D eigenvalue weighted by Crippen LogP contribution is -2.27. The number of esters is 1. The molecule has 0 atom stereocenters. The van der Waals surface area contributed by atoms with Gasteiger partial charge in [0.25, 0.3) is 0 Å². The smallest absolute Gasteiger partial charge is 0.497 e. The van der Waals surface area contributed by atoms with Crippen LogP contribution in [0.4, 0.5) is 13.2 Å². The number of ether oxygens (including phenoxy) is 3. The molecule has 12 heteroatoms. The van der Waals surface area contributed by atoms with E-state index in [1.165, 1.54) is 12.1 Å². The van der Waals surface area contributed by atoms with Gasteiger partial charge in [0.1, 0.15) is 11.5 Å². The molecule has 5 rings (SSSR count). The summed E-state index contributed by atoms with van der Waals surface area (Å²) in [5, 5.41) is 9.16. The van der Waals surface area contributed by atoms with Gasteiger partial charge in [-0.25, -0.2) is 9.48 Å². The van der Waals surface area contributed by atoms with Gasteiger partial charge in [-0.2, -0.15) is 0 Å². The number of aromatic nitrogens is 3. The lowest BCUT2D eigenvalue weighted by Gasteiger charge is -2.23. The number of carbonyl (C=O) groups excluding carboxylic acids is 1. The second-order valence-corrected chi connectivity index (χ2v) is 11.4. The molecule has 0 saturated carbocycles. The van der Waals surface area contributed by atoms with Crippen molar-refractivity contribution >= 4 is 17.6 Å². The number of carbonyl (C=O) groups is 1. The first kappa shape index (κ1) is 34.5. The first-order valence-corrected chi connectivity index (χ1v) is 15.6. The zero-order chi connectivity index (χ0) is 34.1. The molecule has 250 valence electrons. The van der Waals surface area contributed by atoms with Crippen LogP contribution in [0.3, 0.4) is 0 Å². The van der Waals surface area contributed by atoms with Crippen molar-refractivity contribution in [1.29, 1.82) is 0 Å². The van der Waals surface area contributed by atoms with E-state index in [2.05, 4.69) is 19.9 Å². The molecule has 8 nitrogen and oxygen atoms in total. The van der Waals surface area contributed by atoms with Crippen LogP contribution in [-0.4, -0.2) is 52.5 Å². The fourth-order valence-corrected chi connectivity index (χ4v) is 5.33. The van der Waals surface area contributed by atoms with Crippen molar-refractivity contribution in [2.24, 2.45) is 0 Å². The highest BCUT2D eigenvalue weighted by Gasteiger charge is 2.31. The Morgan fingerprint density at radius 1 is 0.812 bits per heavy atom. The highest BCUT2D eigenvalue weighted by atomic mass is 35.5. The lowest BCUT2D eigenvalue weighted by atomic mass is 10.0. The number of methoxy groups -OCH3 is 1. The van der Waals surface area contributed by atoms with E-state index in [0.717, 1.165) is 33.6 Å². The van der Waals surface area contributed by atoms with Crippen LogP contribution in [0.2, 0.25) is 5.02 Å². The van der Waals surface area contributed by atoms with Crippen molar-refractivity contribution in [2.45, 2.75) is 39.3 Å². The number of alkyl halides is 3. The van der Waals surface area contributed by atoms with Gasteiger partial charge >= 0.3 is 12.3 Å². The Labute approximate surface area is 281 Å². The minimum absolute atomic E-state index is 0.188. The molecule has 0 unspecified atom stereocenters. The Kier molecular flexibility index (Phi) is 11.4. The monoisotopic (exact) mass is 678 g/mol. The van der Waals surface area contributed by atoms with Crippen molar-refractivity contribution in [3.63, 3.8) is 0 Å². The van der Waals surface area contributed by atoms with E-state index < -0.39 is 12.3 Å². The SMILES string of the molecule is CCOC(=O)c1nnn(Cc2ccc(OC)cc2)c1CCN(Cc1ccc(Cl)cc1)Cc1ccc(-c2ccc(OC(F)(F)F)cc2)cc1. The number of hydrogen-bond donors (Lipinski definition) is 0. The molecule has 0 radical (unpaired) electrons. The van der Waals surface area contributed by atoms with Gasteiger partial charge < -0.3 is 14.2 Å². The number of hydrogen-bond acceptors (Lipinski definition) is 7. The van der Waals surface area contributed by atoms with Gasteiger partial charge in [0.2, 0.25) is 0 Å². The number of rotatable bonds is 14. The average Bonchev–Trinajstić information content (AvgIpc) is 3.47. The quantitative estimate of drug-likeness (QED) is 0.110. The largest absolute Gasteiger partial charge is 0.573 e. The van der Waals surface area contributed by atoms with E-state index in [4.69, 9.17) is 21.1 Å². The molecule has 0 bridgehead atoms. The molecule has 0 fully saturated rings. The van der Waals surface area contributed by atoms with Crippen LogP contribution in [-0.2, 0) is 30.8 Å². The molecule has 0 aliphatic carbocycles. The van der Waals surface area contributed by atoms with Crippen molar-refractivity contribution in [3.8, 4) is 22.6 Å². The summed E-state index contributed by atoms with van der Waals surface area (Å²) in [6, 6.07) is 28.9. The summed E-state index contributed by atoms with van der Waals surface area (Å²) >= 11 is 6.14. The molecule has 0 spiro atoms. The molecule has 0 saturated heterocycles. The van der Waals surface area contributed by atoms with Crippen LogP contribution in [0.1, 0.15) is 39.8 Å². The van der Waals surface area contributed by atoms with Gasteiger partial charge in [0.15, 0.2) is 5.69 Å². The lowest BCUT2D eigenvalue weighted by molar-refractivity contribution is -0.274. The topological polar surface area (TPSA) is 78.7 Å². The van der Waals surface area contributed by atoms with E-state index in [-0.39, 0.29) is 18.1 Å². The fourth-order valence-electron chi connectivity index (χ4n) is 5.21. The molecule has 0 aliphatic rings. The summed E-state index contributed by atoms with van der Waals surface area (Å²) in [4.78, 5) is 15.1. The molecule has 0 amide bonds. The minimum atomic E-state index is -4.74. The Balaban J connectivity index is 1.35. The molecule has 5 aromatic rings. The Bertz CT molecular complexity index is 1780. The maximum atomic E-state index is 12.9. The Morgan fingerprint density at radius 3 is 1.92 bits per heavy atom. The molecule has 1 heterocycles. The van der Waals surface area contributed by atoms with E-state index >= 15 is 0 Å². The summed E-state index contributed by atoms with van der Waals surface area (Å²) in [7, 11) is 1.61. The van der Waals surface area contributed by atoms with E-state index in [1.54, 1.807) is 30.8 Å². The minimum Gasteiger partial charge on any atom is -0.497 e. The zero-order valence-electron chi connectivity index (χ0n) is 26.4. The second-order valence-electron chi connectivity index (χ2n) is 11.0. The maximum Gasteiger partial charge on any atom is 0.573 e. The highest BCUT2D eigenvalue weighted by Crippen LogP contribution is 2.27. The van der Waals surface area contributed by atoms with Crippen LogP contribution in [0.25, 0.3) is 11.1 Å². The van der Waals surface area contributed by atoms with Gasteiger partial charge in [-0.15, -0.1) is 18.3 Å². The van der Waals surface area contributed by atoms with E-state index in [1.807, 2.05) is 72.8 Å². The fraction of sp³-hybridized carbons (Fsp3) is 0.250. The first-order valence-electron chi connectivity index (χ1n) is 15.2. The third-order valence-electron chi connectivity index (χ3n) is 7.56. The summed E-state index contributed by atoms with van der Waals surface area (Å²) in [6.07, 6.45) is -4.27. The third-order valence-corrected chi connectivity index (χ3v) is 7.82. The number of nitrogens with zero attached hydrogens (tertiary/aromatic N) is 4. The predicted octanol–water partition coefficient (Wildman–Crippen LogP) is 7.98. The van der Waals surface area contributed by atoms with Crippen molar-refractivity contribution in [1.82, 2.24) is 19.9 Å². The number of benzene rings is 4. The molecular weight excluding hydrogens is 645 g/mol. The van der Waals surface area contributed by atoms with Crippen LogP contribution in [0, 0.1) is 0 Å². The van der Waals surface area contributed by atoms with Crippen molar-refractivity contribution in [2.75, 3.05) is 20.3 Å². The molecule has 1 aromatic heterocycles. The second kappa shape index (κ2) is 15.8. The Morgan fingerprint density at radius 2 is 1.35 bits per heavy atom. The van der Waals surface area contributed by atoms with Gasteiger partial charge in [-0.05, 0) is 71.1 Å². The summed E-state index contributed by atoms with van der Waals surface area (Å²) in [5.74, 6) is -0.0530. The van der Waals surface area contributed by atoms with Crippen LogP contribution >= 0.6 is 11.6 Å². The third kappa shape index (κ3) is 9.58. The first-order chi connectivity index (χ1) is 23.1. The summed E-state index contributed by atoms with van der Waals surface area (Å²) in [5.41, 5.74) is 5.53. The highest BCUT2D eigenvalue weighted by molar-refractivity contribution is 6.30. The standard InChI is InChI=1S/C36H34ClF3N4O4/c1-3-47-35(45)34-33(44(42-41-34)24-27-8-16-31(46-2)17-9-27)20-21-43(23-26-6-14-30(37)15-7-26)22-25-4-10-28(11-5-25)29-12-18-32(19-13-29)48-36(38,39)40/h4-19H,3,20-24H2,1-2H3. The summed E-state index contributed by atoms with van der Waals surface area (Å²) in [6.45, 7) is 4.12. The molecule has 48 heavy (non-hydrogen) atoms. The molecule has 4 aromatic carbocycles. The normalized spacial score (nSPS) is 11.5. The number of halogens is 4. The van der Waals surface area contributed by atoms with E-state index in [0.29, 0.717) is 43.3 Å². The van der Waals surface area contributed by atoms with Gasteiger partial charge in [0, 0.05) is 31.1 Å². The van der Waals surface area contributed by atoms with Crippen LogP contribution < -0.4 is 9.47 Å². The molecule has 0 aliphatic heterocycles. The van der Waals surface area contributed by atoms with Gasteiger partial charge in [-0.1, -0.05) is 77.5 Å². The molecular formula is C36H34ClF3N4O4. The predicted molar refractivity (Wildman–Crippen MR) is 176 cm³/mol. The van der Waals surface area contributed by atoms with Gasteiger partial charge in [0.05, 0.1) is 26.0 Å². The molecule has 0 N–H and O–H groups in total. The van der Waals surface area contributed by atoms with Crippen molar-refractivity contribution in [3.05, 3.63) is 130 Å². The maximum absolute atomic E-state index is 12.9. The van der Waals surface area contributed by atoms with Gasteiger partial charge in [-0.3, -0.25) is 4.90 Å². The zero-order valence-corrected chi connectivity index (χ0v) is 27.2. The van der Waals surface area contributed by atoms with E-state index in [9.17, 15) is 18.0 Å². The van der Waals surface area contributed by atoms with Crippen LogP contribution in [0.15, 0.2) is 97.1 Å². The van der Waals surface area contributed by atoms with Crippen molar-refractivity contribution < 1.29 is 32.2 Å². The van der Waals surface area contributed by atoms with Crippen LogP contribution in [0.5, 0.6) is 11.5 Å².